The topological polar surface area (TPSA) is 74.0 Å². The molecule has 32 heavy (non-hydrogen) atoms. The molecule has 0 N–H and O–H groups in total. The minimum atomic E-state index is -1.02. The number of rotatable bonds is 13. The predicted octanol–water partition coefficient (Wildman–Crippen LogP) is 4.03. The Morgan fingerprint density at radius 3 is 2.81 bits per heavy atom. The maximum absolute atomic E-state index is 13.4. The summed E-state index contributed by atoms with van der Waals surface area (Å²) in [5, 5.41) is 1.41. The minimum absolute atomic E-state index is 0.0450. The van der Waals surface area contributed by atoms with Crippen molar-refractivity contribution in [2.75, 3.05) is 33.5 Å². The van der Waals surface area contributed by atoms with Crippen LogP contribution in [0.5, 0.6) is 0 Å². The third-order valence-electron chi connectivity index (χ3n) is 6.33. The van der Waals surface area contributed by atoms with Crippen molar-refractivity contribution in [3.05, 3.63) is 29.8 Å². The molecule has 176 valence electrons. The van der Waals surface area contributed by atoms with Crippen LogP contribution in [0.2, 0.25) is 0 Å². The van der Waals surface area contributed by atoms with Crippen LogP contribution in [0.25, 0.3) is 11.0 Å². The highest BCUT2D eigenvalue weighted by Crippen LogP contribution is 2.41. The van der Waals surface area contributed by atoms with Gasteiger partial charge in [0.1, 0.15) is 24.9 Å². The molecular weight excluding hydrogens is 428 g/mol. The first-order chi connectivity index (χ1) is 15.5. The summed E-state index contributed by atoms with van der Waals surface area (Å²) in [4.78, 5) is 19.8. The molecule has 1 saturated carbocycles. The predicted molar refractivity (Wildman–Crippen MR) is 125 cm³/mol. The number of hydrogen-bond acceptors (Lipinski definition) is 7. The van der Waals surface area contributed by atoms with E-state index < -0.39 is 5.60 Å². The minimum Gasteiger partial charge on any atom is -0.461 e. The lowest BCUT2D eigenvalue weighted by atomic mass is 9.79. The van der Waals surface area contributed by atoms with Crippen LogP contribution in [0.15, 0.2) is 22.7 Å². The molecule has 1 aliphatic carbocycles. The van der Waals surface area contributed by atoms with Gasteiger partial charge in [-0.05, 0) is 29.7 Å². The molecule has 2 atom stereocenters. The van der Waals surface area contributed by atoms with Crippen molar-refractivity contribution in [3.8, 4) is 0 Å². The summed E-state index contributed by atoms with van der Waals surface area (Å²) in [7, 11) is 3.18. The van der Waals surface area contributed by atoms with Crippen molar-refractivity contribution in [1.82, 2.24) is 9.88 Å². The monoisotopic (exact) mass is 462 g/mol. The van der Waals surface area contributed by atoms with Crippen molar-refractivity contribution in [2.45, 2.75) is 62.8 Å². The Bertz CT molecular complexity index is 928. The molecule has 2 aliphatic rings. The number of thioether (sulfide) groups is 1. The Morgan fingerprint density at radius 1 is 1.31 bits per heavy atom. The van der Waals surface area contributed by atoms with Crippen LogP contribution in [0.3, 0.4) is 0 Å². The summed E-state index contributed by atoms with van der Waals surface area (Å²) < 4.78 is 22.8. The second kappa shape index (κ2) is 10.1. The molecule has 0 spiro atoms. The van der Waals surface area contributed by atoms with Crippen LogP contribution in [0.4, 0.5) is 0 Å². The number of furan rings is 1. The lowest BCUT2D eigenvalue weighted by Crippen LogP contribution is -2.77. The summed E-state index contributed by atoms with van der Waals surface area (Å²) in [6, 6.07) is 3.86. The smallest absolute Gasteiger partial charge is 0.259 e. The second-order valence-corrected chi connectivity index (χ2v) is 10.7. The van der Waals surface area contributed by atoms with Crippen molar-refractivity contribution in [3.63, 3.8) is 0 Å². The number of pyridine rings is 1. The van der Waals surface area contributed by atoms with Crippen molar-refractivity contribution in [1.29, 1.82) is 0 Å². The van der Waals surface area contributed by atoms with E-state index in [1.165, 1.54) is 19.3 Å². The summed E-state index contributed by atoms with van der Waals surface area (Å²) in [5.41, 5.74) is 0.615. The number of aryl methyl sites for hydroxylation is 1. The molecule has 0 aromatic carbocycles. The van der Waals surface area contributed by atoms with Gasteiger partial charge < -0.3 is 23.5 Å². The highest BCUT2D eigenvalue weighted by atomic mass is 32.2. The van der Waals surface area contributed by atoms with E-state index in [9.17, 15) is 4.79 Å². The van der Waals surface area contributed by atoms with Crippen molar-refractivity contribution in [2.24, 2.45) is 5.92 Å². The molecule has 0 unspecified atom stereocenters. The fourth-order valence-electron chi connectivity index (χ4n) is 4.41. The molecule has 4 rings (SSSR count). The number of fused-ring (bicyclic) bond motifs is 1. The maximum atomic E-state index is 13.4. The molecule has 1 amide bonds. The van der Waals surface area contributed by atoms with Crippen LogP contribution >= 0.6 is 11.8 Å². The van der Waals surface area contributed by atoms with E-state index in [4.69, 9.17) is 18.6 Å². The Morgan fingerprint density at radius 2 is 2.12 bits per heavy atom. The first-order valence-electron chi connectivity index (χ1n) is 11.4. The quantitative estimate of drug-likeness (QED) is 0.329. The first-order valence-corrected chi connectivity index (χ1v) is 12.4. The lowest BCUT2D eigenvalue weighted by Gasteiger charge is -2.55. The highest BCUT2D eigenvalue weighted by molar-refractivity contribution is 7.99. The number of nitrogens with zero attached hydrogens (tertiary/aromatic N) is 2. The van der Waals surface area contributed by atoms with Gasteiger partial charge in [-0.3, -0.25) is 9.78 Å². The van der Waals surface area contributed by atoms with Crippen LogP contribution in [-0.2, 0) is 31.8 Å². The van der Waals surface area contributed by atoms with Gasteiger partial charge in [0, 0.05) is 44.4 Å². The number of methoxy groups -OCH3 is 2. The van der Waals surface area contributed by atoms with E-state index in [1.54, 1.807) is 37.1 Å². The largest absolute Gasteiger partial charge is 0.461 e. The fourth-order valence-corrected chi connectivity index (χ4v) is 5.43. The van der Waals surface area contributed by atoms with Gasteiger partial charge in [-0.25, -0.2) is 0 Å². The third kappa shape index (κ3) is 4.83. The normalized spacial score (nSPS) is 23.3. The summed E-state index contributed by atoms with van der Waals surface area (Å²) in [6.45, 7) is 4.60. The average molecular weight is 463 g/mol. The van der Waals surface area contributed by atoms with Crippen LogP contribution < -0.4 is 0 Å². The van der Waals surface area contributed by atoms with Crippen molar-refractivity contribution < 1.29 is 23.4 Å². The highest BCUT2D eigenvalue weighted by Gasteiger charge is 2.62. The molecule has 8 heteroatoms. The summed E-state index contributed by atoms with van der Waals surface area (Å²) in [5.74, 6) is 2.51. The number of carbonyl (C=O) groups excluding carboxylic acids is 1. The van der Waals surface area contributed by atoms with E-state index in [-0.39, 0.29) is 25.5 Å². The molecule has 3 heterocycles. The number of likely N-dealkylation sites (tertiary alicyclic amines) is 1. The number of amides is 1. The zero-order chi connectivity index (χ0) is 22.7. The molecule has 1 aliphatic heterocycles. The van der Waals surface area contributed by atoms with Gasteiger partial charge in [0.2, 0.25) is 0 Å². The fraction of sp³-hybridized carbons (Fsp3) is 0.667. The van der Waals surface area contributed by atoms with Gasteiger partial charge in [-0.2, -0.15) is 11.8 Å². The van der Waals surface area contributed by atoms with E-state index in [2.05, 4.69) is 24.9 Å². The molecule has 1 saturated heterocycles. The number of carbonyl (C=O) groups is 1. The molecule has 7 nitrogen and oxygen atoms in total. The maximum Gasteiger partial charge on any atom is 0.259 e. The van der Waals surface area contributed by atoms with E-state index >= 15 is 0 Å². The lowest BCUT2D eigenvalue weighted by molar-refractivity contribution is -0.229. The number of aromatic nitrogens is 1. The van der Waals surface area contributed by atoms with Gasteiger partial charge in [-0.15, -0.1) is 0 Å². The first kappa shape index (κ1) is 23.5. The average Bonchev–Trinajstić information content (AvgIpc) is 3.51. The molecule has 2 aromatic heterocycles. The summed E-state index contributed by atoms with van der Waals surface area (Å²) in [6.07, 6.45) is 6.91. The number of ether oxygens (including phenoxy) is 3. The number of hydrogen-bond donors (Lipinski definition) is 0. The van der Waals surface area contributed by atoms with Gasteiger partial charge in [0.25, 0.3) is 5.91 Å². The molecule has 2 fully saturated rings. The van der Waals surface area contributed by atoms with E-state index in [0.717, 1.165) is 40.5 Å². The zero-order valence-electron chi connectivity index (χ0n) is 19.5. The Labute approximate surface area is 194 Å². The summed E-state index contributed by atoms with van der Waals surface area (Å²) >= 11 is 1.81. The molecule has 0 radical (unpaired) electrons. The standard InChI is InChI=1S/C24H34N2O5S/c1-16(2)32-13-22-24(30-15-29-4,23(27)26(22)14-28-3)12-20-19-11-18(8-7-17-5-6-17)31-21(19)9-10-25-20/h9-11,16-17,22H,5-8,12-15H2,1-4H3/t22-,24+/m0/s1. The Hall–Kier alpha value is -1.61. The van der Waals surface area contributed by atoms with Crippen LogP contribution in [0.1, 0.15) is 44.6 Å². The second-order valence-electron chi connectivity index (χ2n) is 9.07. The van der Waals surface area contributed by atoms with Gasteiger partial charge in [-0.1, -0.05) is 26.7 Å². The third-order valence-corrected chi connectivity index (χ3v) is 7.51. The van der Waals surface area contributed by atoms with Gasteiger partial charge >= 0.3 is 0 Å². The molecule has 2 aromatic rings. The Balaban J connectivity index is 1.62. The molecular formula is C24H34N2O5S. The number of β-lactam (4-membered cyclic amide) rings is 1. The van der Waals surface area contributed by atoms with E-state index in [0.29, 0.717) is 11.7 Å². The van der Waals surface area contributed by atoms with Crippen molar-refractivity contribution >= 4 is 28.6 Å². The zero-order valence-corrected chi connectivity index (χ0v) is 20.3. The Kier molecular flexibility index (Phi) is 7.44. The van der Waals surface area contributed by atoms with Crippen LogP contribution in [0, 0.1) is 5.92 Å². The molecule has 0 bridgehead atoms. The SMILES string of the molecule is COCO[C@@]1(Cc2nccc3oc(CCC4CC4)cc23)C(=O)N(COC)[C@H]1CSC(C)C. The van der Waals surface area contributed by atoms with Gasteiger partial charge in [0.15, 0.2) is 5.60 Å². The van der Waals surface area contributed by atoms with Crippen LogP contribution in [-0.4, -0.2) is 66.2 Å². The van der Waals surface area contributed by atoms with E-state index in [1.807, 2.05) is 6.07 Å². The van der Waals surface area contributed by atoms with Gasteiger partial charge in [0.05, 0.1) is 11.7 Å².